The minimum Gasteiger partial charge on any atom is -0.456 e. The minimum atomic E-state index is -0.696. The van der Waals surface area contributed by atoms with E-state index >= 15 is 0 Å². The molecule has 0 atom stereocenters. The fraction of sp³-hybridized carbons (Fsp3) is 0.455. The van der Waals surface area contributed by atoms with Gasteiger partial charge in [-0.05, 0) is 25.2 Å². The Balaban J connectivity index is 4.06. The highest BCUT2D eigenvalue weighted by Gasteiger charge is 1.93. The summed E-state index contributed by atoms with van der Waals surface area (Å²) in [4.78, 5) is 21.6. The molecule has 14 heavy (non-hydrogen) atoms. The van der Waals surface area contributed by atoms with Crippen molar-refractivity contribution in [2.75, 3.05) is 6.61 Å². The van der Waals surface area contributed by atoms with Crippen LogP contribution in [0.4, 0.5) is 0 Å². The molecule has 0 heterocycles. The topological polar surface area (TPSA) is 43.4 Å². The van der Waals surface area contributed by atoms with Gasteiger partial charge in [0.15, 0.2) is 0 Å². The molecule has 0 amide bonds. The Morgan fingerprint density at radius 2 is 1.86 bits per heavy atom. The van der Waals surface area contributed by atoms with Crippen LogP contribution in [0, 0.1) is 23.7 Å². The maximum Gasteiger partial charge on any atom is 0.384 e. The summed E-state index contributed by atoms with van der Waals surface area (Å²) in [6, 6.07) is 0. The minimum absolute atomic E-state index is 0.253. The zero-order valence-electron chi connectivity index (χ0n) is 8.35. The van der Waals surface area contributed by atoms with E-state index in [4.69, 9.17) is 0 Å². The van der Waals surface area contributed by atoms with E-state index in [-0.39, 0.29) is 6.61 Å². The normalized spacial score (nSPS) is 7.57. The molecular weight excluding hydrogens is 180 g/mol. The fourth-order valence-electron chi connectivity index (χ4n) is 0.574. The lowest BCUT2D eigenvalue weighted by Gasteiger charge is -1.89. The van der Waals surface area contributed by atoms with Crippen LogP contribution in [0.3, 0.4) is 0 Å². The Kier molecular flexibility index (Phi) is 6.91. The number of esters is 1. The molecule has 0 aromatic carbocycles. The number of unbranched alkanes of at least 4 members (excludes halogenated alkanes) is 1. The van der Waals surface area contributed by atoms with E-state index in [1.165, 1.54) is 0 Å². The molecule has 3 heteroatoms. The highest BCUT2D eigenvalue weighted by atomic mass is 16.5. The zero-order chi connectivity index (χ0) is 10.8. The summed E-state index contributed by atoms with van der Waals surface area (Å²) in [5.41, 5.74) is 0. The van der Waals surface area contributed by atoms with Crippen molar-refractivity contribution in [3.63, 3.8) is 0 Å². The Hall–Kier alpha value is -1.74. The first-order valence-electron chi connectivity index (χ1n) is 4.42. The maximum atomic E-state index is 10.9. The summed E-state index contributed by atoms with van der Waals surface area (Å²) in [5.74, 6) is 7.84. The average molecular weight is 192 g/mol. The highest BCUT2D eigenvalue weighted by Crippen LogP contribution is 1.81. The summed E-state index contributed by atoms with van der Waals surface area (Å²) in [6.45, 7) is 3.88. The van der Waals surface area contributed by atoms with Crippen LogP contribution in [-0.2, 0) is 14.3 Å². The molecule has 0 aromatic heterocycles. The van der Waals surface area contributed by atoms with E-state index in [1.807, 2.05) is 12.8 Å². The molecule has 0 saturated carbocycles. The van der Waals surface area contributed by atoms with Gasteiger partial charge in [0, 0.05) is 12.3 Å². The largest absolute Gasteiger partial charge is 0.456 e. The number of rotatable bonds is 2. The molecule has 0 aliphatic carbocycles. The van der Waals surface area contributed by atoms with E-state index in [0.717, 1.165) is 6.42 Å². The first-order chi connectivity index (χ1) is 6.70. The van der Waals surface area contributed by atoms with Crippen LogP contribution >= 0.6 is 0 Å². The number of hydrogen-bond acceptors (Lipinski definition) is 3. The molecule has 0 spiro atoms. The molecular formula is C11H12O3. The van der Waals surface area contributed by atoms with Gasteiger partial charge in [0.25, 0.3) is 5.78 Å². The van der Waals surface area contributed by atoms with Crippen LogP contribution in [0.25, 0.3) is 0 Å². The number of ketones is 1. The second-order valence-corrected chi connectivity index (χ2v) is 2.35. The standard InChI is InChI=1S/C11H12O3/c1-3-5-6-7-10(12)8-9-11(13)14-4-2/h3-5H2,1-2H3. The first-order valence-corrected chi connectivity index (χ1v) is 4.42. The number of ether oxygens (including phenoxy) is 1. The van der Waals surface area contributed by atoms with E-state index in [1.54, 1.807) is 6.92 Å². The molecule has 0 saturated heterocycles. The van der Waals surface area contributed by atoms with E-state index in [9.17, 15) is 9.59 Å². The third kappa shape index (κ3) is 6.94. The van der Waals surface area contributed by atoms with Crippen LogP contribution in [0.2, 0.25) is 0 Å². The number of hydrogen-bond donors (Lipinski definition) is 0. The second-order valence-electron chi connectivity index (χ2n) is 2.35. The quantitative estimate of drug-likeness (QED) is 0.283. The van der Waals surface area contributed by atoms with Gasteiger partial charge in [0.1, 0.15) is 0 Å². The van der Waals surface area contributed by atoms with Crippen molar-refractivity contribution in [1.82, 2.24) is 0 Å². The lowest BCUT2D eigenvalue weighted by Crippen LogP contribution is -2.00. The smallest absolute Gasteiger partial charge is 0.384 e. The second kappa shape index (κ2) is 7.89. The third-order valence-electron chi connectivity index (χ3n) is 1.13. The van der Waals surface area contributed by atoms with Crippen molar-refractivity contribution >= 4 is 11.8 Å². The van der Waals surface area contributed by atoms with Crippen LogP contribution in [0.15, 0.2) is 0 Å². The fourth-order valence-corrected chi connectivity index (χ4v) is 0.574. The number of carbonyl (C=O) groups is 2. The molecule has 0 bridgehead atoms. The van der Waals surface area contributed by atoms with Crippen molar-refractivity contribution < 1.29 is 14.3 Å². The highest BCUT2D eigenvalue weighted by molar-refractivity contribution is 6.11. The lowest BCUT2D eigenvalue weighted by molar-refractivity contribution is -0.136. The van der Waals surface area contributed by atoms with Crippen molar-refractivity contribution in [3.8, 4) is 23.7 Å². The van der Waals surface area contributed by atoms with Crippen molar-refractivity contribution in [2.45, 2.75) is 26.7 Å². The molecule has 0 radical (unpaired) electrons. The van der Waals surface area contributed by atoms with Crippen LogP contribution in [-0.4, -0.2) is 18.4 Å². The third-order valence-corrected chi connectivity index (χ3v) is 1.13. The summed E-state index contributed by atoms with van der Waals surface area (Å²) in [5, 5.41) is 0. The van der Waals surface area contributed by atoms with E-state index in [2.05, 4.69) is 22.5 Å². The Morgan fingerprint density at radius 1 is 1.14 bits per heavy atom. The molecule has 0 fully saturated rings. The zero-order valence-corrected chi connectivity index (χ0v) is 8.35. The number of carbonyl (C=O) groups excluding carboxylic acids is 2. The Morgan fingerprint density at radius 3 is 2.43 bits per heavy atom. The summed E-state index contributed by atoms with van der Waals surface area (Å²) in [7, 11) is 0. The molecule has 0 N–H and O–H groups in total. The molecule has 0 rings (SSSR count). The van der Waals surface area contributed by atoms with Crippen LogP contribution in [0.5, 0.6) is 0 Å². The van der Waals surface area contributed by atoms with Crippen molar-refractivity contribution in [3.05, 3.63) is 0 Å². The first kappa shape index (κ1) is 12.3. The number of Topliss-reactive ketones (excluding diaryl/α,β-unsaturated/α-hetero) is 1. The van der Waals surface area contributed by atoms with Gasteiger partial charge in [-0.15, -0.1) is 0 Å². The molecule has 0 aliphatic heterocycles. The van der Waals surface area contributed by atoms with Gasteiger partial charge in [-0.1, -0.05) is 12.8 Å². The van der Waals surface area contributed by atoms with E-state index in [0.29, 0.717) is 6.42 Å². The van der Waals surface area contributed by atoms with Gasteiger partial charge in [0.2, 0.25) is 0 Å². The monoisotopic (exact) mass is 192 g/mol. The molecule has 74 valence electrons. The average Bonchev–Trinajstić information content (AvgIpc) is 2.16. The van der Waals surface area contributed by atoms with Gasteiger partial charge in [-0.25, -0.2) is 4.79 Å². The van der Waals surface area contributed by atoms with Crippen LogP contribution < -0.4 is 0 Å². The predicted molar refractivity (Wildman–Crippen MR) is 52.1 cm³/mol. The van der Waals surface area contributed by atoms with Crippen LogP contribution in [0.1, 0.15) is 26.7 Å². The van der Waals surface area contributed by atoms with Crippen molar-refractivity contribution in [1.29, 1.82) is 0 Å². The molecule has 3 nitrogen and oxygen atoms in total. The Labute approximate surface area is 83.8 Å². The van der Waals surface area contributed by atoms with Crippen molar-refractivity contribution in [2.24, 2.45) is 0 Å². The molecule has 0 aliphatic rings. The maximum absolute atomic E-state index is 10.9. The summed E-state index contributed by atoms with van der Waals surface area (Å²) in [6.07, 6.45) is 1.55. The molecule has 0 unspecified atom stereocenters. The van der Waals surface area contributed by atoms with Gasteiger partial charge in [0.05, 0.1) is 6.61 Å². The Bertz CT molecular complexity index is 320. The summed E-state index contributed by atoms with van der Waals surface area (Å²) < 4.78 is 4.50. The summed E-state index contributed by atoms with van der Waals surface area (Å²) >= 11 is 0. The van der Waals surface area contributed by atoms with Gasteiger partial charge < -0.3 is 4.74 Å². The SMILES string of the molecule is CCCC#CC(=O)C#CC(=O)OCC. The predicted octanol–water partition coefficient (Wildman–Crippen LogP) is 0.925. The molecule has 0 aromatic rings. The van der Waals surface area contributed by atoms with Gasteiger partial charge in [-0.2, -0.15) is 0 Å². The van der Waals surface area contributed by atoms with Gasteiger partial charge >= 0.3 is 5.97 Å². The van der Waals surface area contributed by atoms with E-state index < -0.39 is 11.8 Å². The van der Waals surface area contributed by atoms with Gasteiger partial charge in [-0.3, -0.25) is 4.79 Å². The lowest BCUT2D eigenvalue weighted by atomic mass is 10.3.